The number of carboxylic acid groups (broad SMARTS) is 1. The van der Waals surface area contributed by atoms with Crippen molar-refractivity contribution in [2.24, 2.45) is 0 Å². The minimum Gasteiger partial charge on any atom is -0.478 e. The van der Waals surface area contributed by atoms with Crippen molar-refractivity contribution in [2.75, 3.05) is 10.6 Å². The molecule has 0 bridgehead atoms. The lowest BCUT2D eigenvalue weighted by molar-refractivity contribution is 0.0697. The van der Waals surface area contributed by atoms with Crippen LogP contribution in [0.4, 0.5) is 20.2 Å². The molecule has 2 rings (SSSR count). The second-order valence-corrected chi connectivity index (χ2v) is 6.34. The molecule has 0 aliphatic heterocycles. The molecule has 0 saturated carbocycles. The first-order valence-electron chi connectivity index (χ1n) is 5.98. The lowest BCUT2D eigenvalue weighted by atomic mass is 10.2. The molecule has 22 heavy (non-hydrogen) atoms. The van der Waals surface area contributed by atoms with Gasteiger partial charge in [0.25, 0.3) is 0 Å². The van der Waals surface area contributed by atoms with Crippen LogP contribution in [0.2, 0.25) is 0 Å². The van der Waals surface area contributed by atoms with E-state index in [2.05, 4.69) is 0 Å². The van der Waals surface area contributed by atoms with Crippen LogP contribution in [0, 0.1) is 11.6 Å². The molecule has 116 valence electrons. The molecule has 0 aromatic heterocycles. The first-order chi connectivity index (χ1) is 10.2. The molecule has 5 nitrogen and oxygen atoms in total. The van der Waals surface area contributed by atoms with Crippen LogP contribution in [0.25, 0.3) is 0 Å². The van der Waals surface area contributed by atoms with Crippen molar-refractivity contribution in [3.8, 4) is 0 Å². The van der Waals surface area contributed by atoms with Gasteiger partial charge in [0.2, 0.25) is 10.0 Å². The van der Waals surface area contributed by atoms with Crippen LogP contribution in [-0.4, -0.2) is 25.7 Å². The van der Waals surface area contributed by atoms with E-state index < -0.39 is 27.6 Å². The number of aromatic carboxylic acids is 1. The Kier molecular flexibility index (Phi) is 4.14. The quantitative estimate of drug-likeness (QED) is 0.937. The molecule has 0 aliphatic rings. The van der Waals surface area contributed by atoms with E-state index in [9.17, 15) is 22.0 Å². The third kappa shape index (κ3) is 3.40. The van der Waals surface area contributed by atoms with Crippen LogP contribution < -0.4 is 4.31 Å². The molecule has 2 aromatic rings. The van der Waals surface area contributed by atoms with E-state index in [1.54, 1.807) is 0 Å². The van der Waals surface area contributed by atoms with Gasteiger partial charge in [-0.25, -0.2) is 26.3 Å². The fraction of sp³-hybridized carbons (Fsp3) is 0.0714. The summed E-state index contributed by atoms with van der Waals surface area (Å²) < 4.78 is 51.3. The molecule has 0 radical (unpaired) electrons. The molecule has 8 heteroatoms. The highest BCUT2D eigenvalue weighted by Crippen LogP contribution is 2.30. The smallest absolute Gasteiger partial charge is 0.335 e. The second-order valence-electron chi connectivity index (χ2n) is 4.51. The van der Waals surface area contributed by atoms with Gasteiger partial charge in [-0.2, -0.15) is 0 Å². The normalized spacial score (nSPS) is 11.2. The number of carboxylic acids is 1. The van der Waals surface area contributed by atoms with E-state index in [4.69, 9.17) is 5.11 Å². The minimum absolute atomic E-state index is 0.0348. The number of hydrogen-bond acceptors (Lipinski definition) is 3. The Morgan fingerprint density at radius 2 is 1.64 bits per heavy atom. The molecule has 0 fully saturated rings. The van der Waals surface area contributed by atoms with E-state index in [1.165, 1.54) is 18.2 Å². The molecule has 0 spiro atoms. The Morgan fingerprint density at radius 1 is 1.05 bits per heavy atom. The molecule has 0 amide bonds. The van der Waals surface area contributed by atoms with Crippen LogP contribution in [0.5, 0.6) is 0 Å². The van der Waals surface area contributed by atoms with Crippen molar-refractivity contribution in [3.63, 3.8) is 0 Å². The third-order valence-electron chi connectivity index (χ3n) is 2.74. The number of rotatable bonds is 4. The number of benzene rings is 2. The summed E-state index contributed by atoms with van der Waals surface area (Å²) in [6, 6.07) is 7.35. The van der Waals surface area contributed by atoms with E-state index >= 15 is 0 Å². The van der Waals surface area contributed by atoms with Crippen molar-refractivity contribution in [3.05, 3.63) is 59.7 Å². The minimum atomic E-state index is -3.94. The molecule has 2 aromatic carbocycles. The van der Waals surface area contributed by atoms with Crippen LogP contribution in [0.1, 0.15) is 10.4 Å². The van der Waals surface area contributed by atoms with Crippen LogP contribution >= 0.6 is 0 Å². The fourth-order valence-electron chi connectivity index (χ4n) is 1.95. The van der Waals surface area contributed by atoms with E-state index in [-0.39, 0.29) is 16.9 Å². The largest absolute Gasteiger partial charge is 0.478 e. The number of halogens is 2. The maximum Gasteiger partial charge on any atom is 0.335 e. The molecule has 1 N–H and O–H groups in total. The monoisotopic (exact) mass is 327 g/mol. The lowest BCUT2D eigenvalue weighted by Gasteiger charge is -2.23. The van der Waals surface area contributed by atoms with Crippen LogP contribution in [0.3, 0.4) is 0 Å². The zero-order valence-corrected chi connectivity index (χ0v) is 12.1. The number of hydrogen-bond donors (Lipinski definition) is 1. The Bertz CT molecular complexity index is 816. The van der Waals surface area contributed by atoms with E-state index in [0.717, 1.165) is 24.5 Å². The average Bonchev–Trinajstić information content (AvgIpc) is 2.36. The summed E-state index contributed by atoms with van der Waals surface area (Å²) in [7, 11) is -3.94. The number of carbonyl (C=O) groups is 1. The first kappa shape index (κ1) is 15.9. The SMILES string of the molecule is CS(=O)(=O)N(c1cc(F)cc(F)c1)c1cccc(C(=O)O)c1. The summed E-state index contributed by atoms with van der Waals surface area (Å²) in [4.78, 5) is 11.0. The Labute approximate surface area is 125 Å². The molecule has 0 unspecified atom stereocenters. The number of nitrogens with zero attached hydrogens (tertiary/aromatic N) is 1. The highest BCUT2D eigenvalue weighted by Gasteiger charge is 2.22. The average molecular weight is 327 g/mol. The summed E-state index contributed by atoms with van der Waals surface area (Å²) >= 11 is 0. The van der Waals surface area contributed by atoms with E-state index in [1.807, 2.05) is 0 Å². The van der Waals surface area contributed by atoms with Crippen molar-refractivity contribution < 1.29 is 27.1 Å². The van der Waals surface area contributed by atoms with Gasteiger partial charge in [-0.15, -0.1) is 0 Å². The van der Waals surface area contributed by atoms with Gasteiger partial charge >= 0.3 is 5.97 Å². The highest BCUT2D eigenvalue weighted by atomic mass is 32.2. The fourth-order valence-corrected chi connectivity index (χ4v) is 2.94. The van der Waals surface area contributed by atoms with Crippen LogP contribution in [0.15, 0.2) is 42.5 Å². The number of sulfonamides is 1. The Hall–Kier alpha value is -2.48. The topological polar surface area (TPSA) is 74.7 Å². The standard InChI is InChI=1S/C14H11F2NO4S/c1-22(20,21)17(13-7-10(15)6-11(16)8-13)12-4-2-3-9(5-12)14(18)19/h2-8H,1H3,(H,18,19). The van der Waals surface area contributed by atoms with E-state index in [0.29, 0.717) is 10.4 Å². The molecule has 0 heterocycles. The Balaban J connectivity index is 2.66. The maximum absolute atomic E-state index is 13.3. The summed E-state index contributed by atoms with van der Waals surface area (Å²) in [5, 5.41) is 8.96. The summed E-state index contributed by atoms with van der Waals surface area (Å²) in [6.45, 7) is 0. The van der Waals surface area contributed by atoms with Crippen molar-refractivity contribution in [1.82, 2.24) is 0 Å². The second kappa shape index (κ2) is 5.72. The zero-order chi connectivity index (χ0) is 16.5. The number of anilines is 2. The molecular formula is C14H11F2NO4S. The first-order valence-corrected chi connectivity index (χ1v) is 7.83. The highest BCUT2D eigenvalue weighted by molar-refractivity contribution is 7.92. The summed E-state index contributed by atoms with van der Waals surface area (Å²) in [5.41, 5.74) is -0.446. The van der Waals surface area contributed by atoms with Gasteiger partial charge in [-0.3, -0.25) is 0 Å². The van der Waals surface area contributed by atoms with Crippen molar-refractivity contribution in [2.45, 2.75) is 0 Å². The maximum atomic E-state index is 13.3. The van der Waals surface area contributed by atoms with Crippen LogP contribution in [-0.2, 0) is 10.0 Å². The summed E-state index contributed by atoms with van der Waals surface area (Å²) in [6.07, 6.45) is 0.850. The van der Waals surface area contributed by atoms with Crippen molar-refractivity contribution in [1.29, 1.82) is 0 Å². The van der Waals surface area contributed by atoms with Gasteiger partial charge in [-0.05, 0) is 30.3 Å². The molecule has 0 aliphatic carbocycles. The van der Waals surface area contributed by atoms with Gasteiger partial charge in [0.15, 0.2) is 0 Å². The molecule has 0 saturated heterocycles. The predicted molar refractivity (Wildman–Crippen MR) is 76.7 cm³/mol. The van der Waals surface area contributed by atoms with Gasteiger partial charge < -0.3 is 5.11 Å². The molecule has 0 atom stereocenters. The van der Waals surface area contributed by atoms with Crippen molar-refractivity contribution >= 4 is 27.4 Å². The lowest BCUT2D eigenvalue weighted by Crippen LogP contribution is -2.25. The van der Waals surface area contributed by atoms with Gasteiger partial charge in [-0.1, -0.05) is 6.07 Å². The van der Waals surface area contributed by atoms with Gasteiger partial charge in [0.05, 0.1) is 23.2 Å². The zero-order valence-electron chi connectivity index (χ0n) is 11.3. The Morgan fingerprint density at radius 3 is 2.14 bits per heavy atom. The predicted octanol–water partition coefficient (Wildman–Crippen LogP) is 2.76. The summed E-state index contributed by atoms with van der Waals surface area (Å²) in [5.74, 6) is -3.14. The van der Waals surface area contributed by atoms with Gasteiger partial charge in [0, 0.05) is 6.07 Å². The molecular weight excluding hydrogens is 316 g/mol. The third-order valence-corrected chi connectivity index (χ3v) is 3.83. The van der Waals surface area contributed by atoms with Gasteiger partial charge in [0.1, 0.15) is 11.6 Å².